The third-order valence-corrected chi connectivity index (χ3v) is 4.61. The summed E-state index contributed by atoms with van der Waals surface area (Å²) in [5.74, 6) is 2.91. The highest BCUT2D eigenvalue weighted by atomic mass is 127. The summed E-state index contributed by atoms with van der Waals surface area (Å²) in [4.78, 5) is 12.4. The number of rotatable bonds is 7. The van der Waals surface area contributed by atoms with Crippen molar-refractivity contribution in [2.45, 2.75) is 0 Å². The lowest BCUT2D eigenvalue weighted by atomic mass is 10.2. The van der Waals surface area contributed by atoms with E-state index in [4.69, 9.17) is 23.7 Å². The van der Waals surface area contributed by atoms with Gasteiger partial charge in [-0.3, -0.25) is 4.79 Å². The lowest BCUT2D eigenvalue weighted by molar-refractivity contribution is 0.0945. The van der Waals surface area contributed by atoms with Gasteiger partial charge in [0.25, 0.3) is 5.91 Å². The Morgan fingerprint density at radius 3 is 2.62 bits per heavy atom. The second kappa shape index (κ2) is 8.35. The van der Waals surface area contributed by atoms with Gasteiger partial charge in [0.15, 0.2) is 23.0 Å². The van der Waals surface area contributed by atoms with Crippen molar-refractivity contribution < 1.29 is 28.5 Å². The molecule has 0 aliphatic carbocycles. The van der Waals surface area contributed by atoms with Gasteiger partial charge in [-0.2, -0.15) is 0 Å². The number of fused-ring (bicyclic) bond motifs is 1. The molecule has 1 aliphatic heterocycles. The number of carbonyl (C=O) groups is 1. The molecule has 1 amide bonds. The Morgan fingerprint density at radius 2 is 1.85 bits per heavy atom. The molecule has 0 saturated heterocycles. The molecule has 0 fully saturated rings. The van der Waals surface area contributed by atoms with Crippen LogP contribution < -0.4 is 29.0 Å². The van der Waals surface area contributed by atoms with E-state index >= 15 is 0 Å². The van der Waals surface area contributed by atoms with Crippen molar-refractivity contribution in [3.63, 3.8) is 0 Å². The highest BCUT2D eigenvalue weighted by Crippen LogP contribution is 2.35. The number of hydrogen-bond acceptors (Lipinski definition) is 6. The van der Waals surface area contributed by atoms with Gasteiger partial charge < -0.3 is 29.0 Å². The minimum absolute atomic E-state index is 0.204. The Kier molecular flexibility index (Phi) is 5.92. The summed E-state index contributed by atoms with van der Waals surface area (Å²) in [6, 6.07) is 8.78. The first-order valence-electron chi connectivity index (χ1n) is 7.84. The SMILES string of the molecule is COc1cc(I)c(C(=O)NCCOc2ccc3c(c2)OCO3)cc1OC. The van der Waals surface area contributed by atoms with E-state index in [9.17, 15) is 4.79 Å². The molecule has 3 rings (SSSR count). The van der Waals surface area contributed by atoms with Crippen molar-refractivity contribution in [3.05, 3.63) is 39.5 Å². The van der Waals surface area contributed by atoms with E-state index in [-0.39, 0.29) is 12.7 Å². The minimum atomic E-state index is -0.204. The molecule has 1 N–H and O–H groups in total. The van der Waals surface area contributed by atoms with Gasteiger partial charge in [-0.05, 0) is 46.9 Å². The molecule has 0 saturated carbocycles. The standard InChI is InChI=1S/C18H18INO6/c1-22-15-8-12(13(19)9-16(15)23-2)18(21)20-5-6-24-11-3-4-14-17(7-11)26-10-25-14/h3-4,7-9H,5-6,10H2,1-2H3,(H,20,21). The zero-order valence-corrected chi connectivity index (χ0v) is 16.5. The summed E-state index contributed by atoms with van der Waals surface area (Å²) in [5.41, 5.74) is 0.520. The van der Waals surface area contributed by atoms with Crippen molar-refractivity contribution in [3.8, 4) is 28.7 Å². The van der Waals surface area contributed by atoms with Gasteiger partial charge in [0.2, 0.25) is 6.79 Å². The first-order valence-corrected chi connectivity index (χ1v) is 8.92. The number of halogens is 1. The van der Waals surface area contributed by atoms with E-state index in [1.807, 2.05) is 0 Å². The second-order valence-corrected chi connectivity index (χ2v) is 6.47. The van der Waals surface area contributed by atoms with Crippen molar-refractivity contribution in [1.82, 2.24) is 5.32 Å². The predicted molar refractivity (Wildman–Crippen MR) is 103 cm³/mol. The normalized spacial score (nSPS) is 11.8. The smallest absolute Gasteiger partial charge is 0.252 e. The maximum atomic E-state index is 12.4. The number of carbonyl (C=O) groups excluding carboxylic acids is 1. The molecule has 1 aliphatic rings. The molecule has 1 heterocycles. The number of benzene rings is 2. The Morgan fingerprint density at radius 1 is 1.12 bits per heavy atom. The molecule has 0 radical (unpaired) electrons. The molecule has 0 spiro atoms. The molecule has 2 aromatic rings. The fourth-order valence-electron chi connectivity index (χ4n) is 2.42. The van der Waals surface area contributed by atoms with E-state index in [0.717, 1.165) is 3.57 Å². The molecule has 0 bridgehead atoms. The molecule has 0 aromatic heterocycles. The quantitative estimate of drug-likeness (QED) is 0.495. The van der Waals surface area contributed by atoms with Gasteiger partial charge in [-0.1, -0.05) is 0 Å². The van der Waals surface area contributed by atoms with Gasteiger partial charge >= 0.3 is 0 Å². The highest BCUT2D eigenvalue weighted by Gasteiger charge is 2.16. The molecule has 7 nitrogen and oxygen atoms in total. The molecular formula is C18H18INO6. The molecule has 0 unspecified atom stereocenters. The van der Waals surface area contributed by atoms with Crippen LogP contribution in [0.15, 0.2) is 30.3 Å². The Bertz CT molecular complexity index is 811. The predicted octanol–water partition coefficient (Wildman–Crippen LogP) is 2.85. The molecule has 0 atom stereocenters. The second-order valence-electron chi connectivity index (χ2n) is 5.31. The maximum Gasteiger partial charge on any atom is 0.252 e. The Hall–Kier alpha value is -2.36. The van der Waals surface area contributed by atoms with Crippen LogP contribution in [0.1, 0.15) is 10.4 Å². The summed E-state index contributed by atoms with van der Waals surface area (Å²) in [6.45, 7) is 0.908. The van der Waals surface area contributed by atoms with Crippen LogP contribution in [0.25, 0.3) is 0 Å². The minimum Gasteiger partial charge on any atom is -0.493 e. The van der Waals surface area contributed by atoms with Gasteiger partial charge in [-0.15, -0.1) is 0 Å². The lowest BCUT2D eigenvalue weighted by Crippen LogP contribution is -2.28. The Balaban J connectivity index is 1.54. The molecule has 26 heavy (non-hydrogen) atoms. The van der Waals surface area contributed by atoms with Gasteiger partial charge in [0, 0.05) is 9.64 Å². The van der Waals surface area contributed by atoms with Crippen LogP contribution in [0.4, 0.5) is 0 Å². The van der Waals surface area contributed by atoms with Gasteiger partial charge in [0.1, 0.15) is 12.4 Å². The van der Waals surface area contributed by atoms with E-state index in [1.54, 1.807) is 37.4 Å². The van der Waals surface area contributed by atoms with Crippen molar-refractivity contribution in [2.24, 2.45) is 0 Å². The van der Waals surface area contributed by atoms with Crippen molar-refractivity contribution >= 4 is 28.5 Å². The van der Waals surface area contributed by atoms with Gasteiger partial charge in [-0.25, -0.2) is 0 Å². The van der Waals surface area contributed by atoms with Crippen LogP contribution in [0, 0.1) is 3.57 Å². The van der Waals surface area contributed by atoms with E-state index < -0.39 is 0 Å². The number of nitrogens with one attached hydrogen (secondary N) is 1. The summed E-state index contributed by atoms with van der Waals surface area (Å²) in [6.07, 6.45) is 0. The van der Waals surface area contributed by atoms with Crippen LogP contribution in [0.2, 0.25) is 0 Å². The van der Waals surface area contributed by atoms with Crippen molar-refractivity contribution in [2.75, 3.05) is 34.2 Å². The number of amides is 1. The Labute approximate surface area is 164 Å². The zero-order chi connectivity index (χ0) is 18.5. The fourth-order valence-corrected chi connectivity index (χ4v) is 3.11. The maximum absolute atomic E-state index is 12.4. The first-order chi connectivity index (χ1) is 12.6. The third kappa shape index (κ3) is 4.06. The van der Waals surface area contributed by atoms with Crippen LogP contribution in [-0.4, -0.2) is 40.1 Å². The number of hydrogen-bond donors (Lipinski definition) is 1. The lowest BCUT2D eigenvalue weighted by Gasteiger charge is -2.12. The van der Waals surface area contributed by atoms with Crippen molar-refractivity contribution in [1.29, 1.82) is 0 Å². The highest BCUT2D eigenvalue weighted by molar-refractivity contribution is 14.1. The number of methoxy groups -OCH3 is 2. The largest absolute Gasteiger partial charge is 0.493 e. The summed E-state index contributed by atoms with van der Waals surface area (Å²) in [5, 5.41) is 2.83. The van der Waals surface area contributed by atoms with Crippen LogP contribution in [-0.2, 0) is 0 Å². The molecule has 138 valence electrons. The number of ether oxygens (including phenoxy) is 5. The van der Waals surface area contributed by atoms with E-state index in [1.165, 1.54) is 7.11 Å². The molecule has 2 aromatic carbocycles. The van der Waals surface area contributed by atoms with E-state index in [2.05, 4.69) is 27.9 Å². The summed E-state index contributed by atoms with van der Waals surface area (Å²) in [7, 11) is 3.09. The first kappa shape index (κ1) is 18.4. The third-order valence-electron chi connectivity index (χ3n) is 3.72. The zero-order valence-electron chi connectivity index (χ0n) is 14.3. The molecule has 8 heteroatoms. The summed E-state index contributed by atoms with van der Waals surface area (Å²) >= 11 is 2.09. The molecular weight excluding hydrogens is 453 g/mol. The topological polar surface area (TPSA) is 75.3 Å². The van der Waals surface area contributed by atoms with E-state index in [0.29, 0.717) is 47.5 Å². The average molecular weight is 471 g/mol. The van der Waals surface area contributed by atoms with Crippen LogP contribution in [0.3, 0.4) is 0 Å². The van der Waals surface area contributed by atoms with Crippen LogP contribution in [0.5, 0.6) is 28.7 Å². The monoisotopic (exact) mass is 471 g/mol. The fraction of sp³-hybridized carbons (Fsp3) is 0.278. The van der Waals surface area contributed by atoms with Crippen LogP contribution >= 0.6 is 22.6 Å². The average Bonchev–Trinajstić information content (AvgIpc) is 3.12. The van der Waals surface area contributed by atoms with Gasteiger partial charge in [0.05, 0.1) is 26.3 Å². The summed E-state index contributed by atoms with van der Waals surface area (Å²) < 4.78 is 27.4.